The van der Waals surface area contributed by atoms with Crippen LogP contribution in [0.15, 0.2) is 30.3 Å². The summed E-state index contributed by atoms with van der Waals surface area (Å²) in [6.07, 6.45) is 0. The first-order chi connectivity index (χ1) is 8.63. The summed E-state index contributed by atoms with van der Waals surface area (Å²) in [4.78, 5) is 22.7. The summed E-state index contributed by atoms with van der Waals surface area (Å²) < 4.78 is 11.7. The van der Waals surface area contributed by atoms with Gasteiger partial charge in [-0.25, -0.2) is 4.79 Å². The van der Waals surface area contributed by atoms with E-state index in [0.29, 0.717) is 0 Å². The van der Waals surface area contributed by atoms with Crippen LogP contribution in [0, 0.1) is 0 Å². The molecule has 0 heterocycles. The van der Waals surface area contributed by atoms with Gasteiger partial charge in [-0.2, -0.15) is 0 Å². The fourth-order valence-corrected chi connectivity index (χ4v) is 1.21. The van der Waals surface area contributed by atoms with Gasteiger partial charge in [0.05, 0.1) is 6.54 Å². The Labute approximate surface area is 114 Å². The third-order valence-corrected chi connectivity index (χ3v) is 2.12. The molecular weight excluding hydrogens is 256 g/mol. The van der Waals surface area contributed by atoms with Crippen molar-refractivity contribution < 1.29 is 15.7 Å². The van der Waals surface area contributed by atoms with Gasteiger partial charge in [-0.05, 0) is 12.5 Å². The molecule has 5 nitrogen and oxygen atoms in total. The average molecular weight is 274 g/mol. The number of amides is 1. The summed E-state index contributed by atoms with van der Waals surface area (Å²) >= 11 is 0. The number of rotatable bonds is 6. The number of esters is 1. The van der Waals surface area contributed by atoms with Crippen LogP contribution in [-0.4, -0.2) is 24.5 Å². The Morgan fingerprint density at radius 2 is 2.11 bits per heavy atom. The number of carbonyl (C=O) groups excluding carboxylic acids is 2. The van der Waals surface area contributed by atoms with Crippen molar-refractivity contribution >= 4 is 24.3 Å². The number of benzene rings is 1. The van der Waals surface area contributed by atoms with Crippen LogP contribution in [0.25, 0.3) is 0 Å². The molecule has 0 radical (unpaired) electrons. The highest BCUT2D eigenvalue weighted by molar-refractivity contribution is 5.85. The molecule has 18 heavy (non-hydrogen) atoms. The van der Waals surface area contributed by atoms with E-state index in [9.17, 15) is 9.59 Å². The Hall–Kier alpha value is -1.59. The van der Waals surface area contributed by atoms with Crippen LogP contribution in [0.5, 0.6) is 0 Å². The monoisotopic (exact) mass is 273 g/mol. The topological polar surface area (TPSA) is 81.4 Å². The van der Waals surface area contributed by atoms with Crippen molar-refractivity contribution in [2.45, 2.75) is 19.6 Å². The fourth-order valence-electron chi connectivity index (χ4n) is 1.21. The molecule has 0 aliphatic heterocycles. The molecule has 100 valence electrons. The summed E-state index contributed by atoms with van der Waals surface area (Å²) in [7, 11) is 0. The van der Waals surface area contributed by atoms with E-state index in [4.69, 9.17) is 6.15 Å². The molecule has 1 atom stereocenters. The quantitative estimate of drug-likeness (QED) is 0.745. The van der Waals surface area contributed by atoms with Crippen molar-refractivity contribution in [3.8, 4) is 0 Å². The van der Waals surface area contributed by atoms with E-state index in [-0.39, 0.29) is 25.6 Å². The van der Waals surface area contributed by atoms with Crippen molar-refractivity contribution in [1.29, 1.82) is 0 Å². The summed E-state index contributed by atoms with van der Waals surface area (Å²) in [5.41, 5.74) is 2.84. The van der Waals surface area contributed by atoms with Crippen molar-refractivity contribution in [3.05, 3.63) is 35.9 Å². The smallest absolute Gasteiger partial charge is 0.328 e. The minimum absolute atomic E-state index is 0. The van der Waals surface area contributed by atoms with Gasteiger partial charge in [-0.15, -0.1) is 12.4 Å². The summed E-state index contributed by atoms with van der Waals surface area (Å²) in [5, 5.41) is 2.42. The van der Waals surface area contributed by atoms with Crippen LogP contribution in [0.2, 0.25) is 1.41 Å². The number of nitrogens with two attached hydrogens (primary N) is 1. The molecule has 1 aromatic carbocycles. The van der Waals surface area contributed by atoms with Gasteiger partial charge in [0.25, 0.3) is 0 Å². The Balaban J connectivity index is 0.00000324. The molecule has 1 rings (SSSR count). The van der Waals surface area contributed by atoms with Gasteiger partial charge in [0, 0.05) is 0 Å². The predicted octanol–water partition coefficient (Wildman–Crippen LogP) is 0.615. The Bertz CT molecular complexity index is 403. The SMILES string of the molecule is Cl.[2H]NCC(=O)N[C@@H](C)C(=O)OCc1ccccc1. The second-order valence-corrected chi connectivity index (χ2v) is 3.56. The first-order valence-corrected chi connectivity index (χ1v) is 5.28. The summed E-state index contributed by atoms with van der Waals surface area (Å²) in [6, 6.07) is 8.56. The van der Waals surface area contributed by atoms with E-state index in [2.05, 4.69) is 5.32 Å². The van der Waals surface area contributed by atoms with E-state index in [1.807, 2.05) is 36.1 Å². The molecule has 1 aromatic rings. The highest BCUT2D eigenvalue weighted by atomic mass is 35.5. The molecule has 3 N–H and O–H groups in total. The molecule has 0 aliphatic rings. The third-order valence-electron chi connectivity index (χ3n) is 2.12. The highest BCUT2D eigenvalue weighted by Crippen LogP contribution is 2.01. The zero-order valence-corrected chi connectivity index (χ0v) is 10.8. The van der Waals surface area contributed by atoms with E-state index in [1.165, 1.54) is 6.92 Å². The Morgan fingerprint density at radius 1 is 1.44 bits per heavy atom. The Morgan fingerprint density at radius 3 is 2.72 bits per heavy atom. The minimum atomic E-state index is -0.727. The normalized spacial score (nSPS) is 11.7. The number of hydrogen-bond donors (Lipinski definition) is 2. The standard InChI is InChI=1S/C12H16N2O3.ClH/c1-9(14-11(15)7-13)12(16)17-8-10-5-3-2-4-6-10;/h2-6,9H,7-8,13H2,1H3,(H,14,15);1H/t9-;/m0./s1/i/hD. The van der Waals surface area contributed by atoms with Gasteiger partial charge >= 0.3 is 5.97 Å². The maximum Gasteiger partial charge on any atom is 0.328 e. The second-order valence-electron chi connectivity index (χ2n) is 3.56. The molecule has 0 unspecified atom stereocenters. The number of nitrogens with one attached hydrogen (secondary N) is 1. The van der Waals surface area contributed by atoms with Gasteiger partial charge in [0.2, 0.25) is 5.91 Å². The van der Waals surface area contributed by atoms with Crippen molar-refractivity contribution in [2.75, 3.05) is 6.54 Å². The second kappa shape index (κ2) is 8.49. The van der Waals surface area contributed by atoms with Crippen molar-refractivity contribution in [2.24, 2.45) is 5.73 Å². The van der Waals surface area contributed by atoms with Gasteiger partial charge in [0.15, 0.2) is 0 Å². The lowest BCUT2D eigenvalue weighted by molar-refractivity contribution is -0.148. The maximum absolute atomic E-state index is 11.6. The lowest BCUT2D eigenvalue weighted by Crippen LogP contribution is -2.42. The predicted molar refractivity (Wildman–Crippen MR) is 70.1 cm³/mol. The number of hydrogen-bond acceptors (Lipinski definition) is 4. The van der Waals surface area contributed by atoms with E-state index >= 15 is 0 Å². The fraction of sp³-hybridized carbons (Fsp3) is 0.333. The molecule has 0 saturated heterocycles. The van der Waals surface area contributed by atoms with E-state index in [1.54, 1.807) is 0 Å². The van der Waals surface area contributed by atoms with Crippen LogP contribution >= 0.6 is 12.4 Å². The maximum atomic E-state index is 11.6. The van der Waals surface area contributed by atoms with Crippen LogP contribution in [0.1, 0.15) is 12.5 Å². The third kappa shape index (κ3) is 5.65. The highest BCUT2D eigenvalue weighted by Gasteiger charge is 2.15. The first kappa shape index (κ1) is 14.5. The molecule has 0 bridgehead atoms. The molecule has 0 aromatic heterocycles. The lowest BCUT2D eigenvalue weighted by atomic mass is 10.2. The molecule has 1 amide bonds. The van der Waals surface area contributed by atoms with Gasteiger partial charge in [-0.3, -0.25) is 4.79 Å². The number of carbonyl (C=O) groups is 2. The molecule has 0 saturated carbocycles. The van der Waals surface area contributed by atoms with Crippen LogP contribution in [0.3, 0.4) is 0 Å². The first-order valence-electron chi connectivity index (χ1n) is 5.78. The zero-order valence-electron chi connectivity index (χ0n) is 11.0. The average Bonchev–Trinajstić information content (AvgIpc) is 2.37. The van der Waals surface area contributed by atoms with E-state index < -0.39 is 17.9 Å². The molecule has 0 aliphatic carbocycles. The Kier molecular flexibility index (Phi) is 6.83. The molecular formula is C12H17ClN2O3. The summed E-state index contributed by atoms with van der Waals surface area (Å²) in [6.45, 7) is 1.56. The van der Waals surface area contributed by atoms with Gasteiger partial charge in [0.1, 0.15) is 14.1 Å². The number of halogens is 1. The number of ether oxygens (including phenoxy) is 1. The zero-order chi connectivity index (χ0) is 13.4. The van der Waals surface area contributed by atoms with E-state index in [0.717, 1.165) is 5.56 Å². The lowest BCUT2D eigenvalue weighted by Gasteiger charge is -2.12. The van der Waals surface area contributed by atoms with Crippen molar-refractivity contribution in [1.82, 2.24) is 5.32 Å². The van der Waals surface area contributed by atoms with Crippen molar-refractivity contribution in [3.63, 3.8) is 0 Å². The van der Waals surface area contributed by atoms with Crippen LogP contribution < -0.4 is 11.0 Å². The van der Waals surface area contributed by atoms with Gasteiger partial charge < -0.3 is 15.8 Å². The largest absolute Gasteiger partial charge is 0.459 e. The van der Waals surface area contributed by atoms with Gasteiger partial charge in [-0.1, -0.05) is 30.3 Å². The minimum Gasteiger partial charge on any atom is -0.459 e. The molecule has 0 spiro atoms. The molecule has 0 fully saturated rings. The molecule has 6 heteroatoms. The van der Waals surface area contributed by atoms with Crippen LogP contribution in [0.4, 0.5) is 0 Å². The van der Waals surface area contributed by atoms with Crippen LogP contribution in [-0.2, 0) is 20.9 Å². The summed E-state index contributed by atoms with van der Waals surface area (Å²) in [5.74, 6) is -0.925.